The van der Waals surface area contributed by atoms with Crippen molar-refractivity contribution in [2.24, 2.45) is 5.92 Å². The Hall–Kier alpha value is -0.380. The van der Waals surface area contributed by atoms with Crippen LogP contribution in [0.25, 0.3) is 0 Å². The van der Waals surface area contributed by atoms with Crippen LogP contribution in [-0.2, 0) is 4.74 Å². The number of ether oxygens (including phenoxy) is 1. The number of benzene rings is 1. The van der Waals surface area contributed by atoms with Crippen molar-refractivity contribution in [2.75, 3.05) is 24.7 Å². The number of rotatable bonds is 3. The Morgan fingerprint density at radius 1 is 1.53 bits per heavy atom. The van der Waals surface area contributed by atoms with Gasteiger partial charge in [0.2, 0.25) is 0 Å². The molecule has 1 aromatic rings. The van der Waals surface area contributed by atoms with Crippen LogP contribution in [-0.4, -0.2) is 19.0 Å². The lowest BCUT2D eigenvalue weighted by molar-refractivity contribution is 0.189. The van der Waals surface area contributed by atoms with Crippen LogP contribution in [0.5, 0.6) is 0 Å². The van der Waals surface area contributed by atoms with Crippen LogP contribution < -0.4 is 5.73 Å². The maximum atomic E-state index is 5.95. The Morgan fingerprint density at radius 3 is 3.07 bits per heavy atom. The Balaban J connectivity index is 1.90. The summed E-state index contributed by atoms with van der Waals surface area (Å²) in [5.41, 5.74) is 6.29. The number of thioether (sulfide) groups is 1. The molecule has 0 aromatic heterocycles. The maximum Gasteiger partial charge on any atom is 0.0646 e. The second-order valence-electron chi connectivity index (χ2n) is 3.72. The second kappa shape index (κ2) is 5.10. The lowest BCUT2D eigenvalue weighted by atomic mass is 10.2. The second-order valence-corrected chi connectivity index (χ2v) is 5.22. The van der Waals surface area contributed by atoms with E-state index in [9.17, 15) is 0 Å². The van der Waals surface area contributed by atoms with Gasteiger partial charge in [0.05, 0.1) is 17.3 Å². The third-order valence-corrected chi connectivity index (χ3v) is 4.03. The summed E-state index contributed by atoms with van der Waals surface area (Å²) < 4.78 is 5.33. The van der Waals surface area contributed by atoms with Gasteiger partial charge in [0, 0.05) is 17.3 Å². The Bertz CT molecular complexity index is 339. The zero-order valence-corrected chi connectivity index (χ0v) is 9.98. The van der Waals surface area contributed by atoms with Crippen LogP contribution in [0.2, 0.25) is 5.02 Å². The lowest BCUT2D eigenvalue weighted by Gasteiger charge is -2.07. The Morgan fingerprint density at radius 2 is 2.40 bits per heavy atom. The highest BCUT2D eigenvalue weighted by molar-refractivity contribution is 7.99. The number of hydrogen-bond acceptors (Lipinski definition) is 3. The van der Waals surface area contributed by atoms with Crippen molar-refractivity contribution in [1.29, 1.82) is 0 Å². The van der Waals surface area contributed by atoms with Crippen molar-refractivity contribution in [1.82, 2.24) is 0 Å². The smallest absolute Gasteiger partial charge is 0.0646 e. The van der Waals surface area contributed by atoms with Crippen LogP contribution in [0.15, 0.2) is 23.1 Å². The van der Waals surface area contributed by atoms with Crippen LogP contribution in [0, 0.1) is 5.92 Å². The molecule has 15 heavy (non-hydrogen) atoms. The highest BCUT2D eigenvalue weighted by atomic mass is 35.5. The minimum Gasteiger partial charge on any atom is -0.398 e. The summed E-state index contributed by atoms with van der Waals surface area (Å²) in [6, 6.07) is 5.80. The molecule has 1 saturated heterocycles. The molecule has 4 heteroatoms. The van der Waals surface area contributed by atoms with E-state index in [0.29, 0.717) is 16.6 Å². The first kappa shape index (κ1) is 11.1. The fraction of sp³-hybridized carbons (Fsp3) is 0.455. The minimum atomic E-state index is 0.641. The minimum absolute atomic E-state index is 0.641. The molecular formula is C11H14ClNOS. The van der Waals surface area contributed by atoms with Gasteiger partial charge in [0.1, 0.15) is 0 Å². The quantitative estimate of drug-likeness (QED) is 0.655. The van der Waals surface area contributed by atoms with Gasteiger partial charge < -0.3 is 10.5 Å². The third kappa shape index (κ3) is 3.03. The number of hydrogen-bond donors (Lipinski definition) is 1. The first-order chi connectivity index (χ1) is 7.25. The van der Waals surface area contributed by atoms with Gasteiger partial charge in [-0.1, -0.05) is 11.6 Å². The maximum absolute atomic E-state index is 5.95. The topological polar surface area (TPSA) is 35.2 Å². The van der Waals surface area contributed by atoms with Gasteiger partial charge >= 0.3 is 0 Å². The summed E-state index contributed by atoms with van der Waals surface area (Å²) in [6.45, 7) is 1.81. The molecule has 2 N–H and O–H groups in total. The van der Waals surface area contributed by atoms with E-state index in [1.165, 1.54) is 11.3 Å². The van der Waals surface area contributed by atoms with Crippen molar-refractivity contribution < 1.29 is 4.74 Å². The molecule has 2 nitrogen and oxygen atoms in total. The monoisotopic (exact) mass is 243 g/mol. The summed E-state index contributed by atoms with van der Waals surface area (Å²) in [6.07, 6.45) is 1.18. The van der Waals surface area contributed by atoms with Crippen LogP contribution >= 0.6 is 23.4 Å². The van der Waals surface area contributed by atoms with Gasteiger partial charge in [0.15, 0.2) is 0 Å². The normalized spacial score (nSPS) is 20.7. The molecule has 0 spiro atoms. The summed E-state index contributed by atoms with van der Waals surface area (Å²) in [4.78, 5) is 1.18. The van der Waals surface area contributed by atoms with Gasteiger partial charge in [-0.05, 0) is 30.5 Å². The molecule has 1 aromatic carbocycles. The number of anilines is 1. The predicted molar refractivity (Wildman–Crippen MR) is 65.5 cm³/mol. The van der Waals surface area contributed by atoms with E-state index in [2.05, 4.69) is 0 Å². The van der Waals surface area contributed by atoms with E-state index in [0.717, 1.165) is 19.0 Å². The van der Waals surface area contributed by atoms with E-state index >= 15 is 0 Å². The van der Waals surface area contributed by atoms with E-state index in [1.807, 2.05) is 30.0 Å². The highest BCUT2D eigenvalue weighted by Crippen LogP contribution is 2.29. The number of halogens is 1. The molecule has 0 saturated carbocycles. The summed E-state index contributed by atoms with van der Waals surface area (Å²) >= 11 is 7.77. The first-order valence-corrected chi connectivity index (χ1v) is 6.37. The molecule has 1 aliphatic heterocycles. The van der Waals surface area contributed by atoms with Gasteiger partial charge in [-0.15, -0.1) is 11.8 Å². The Labute approximate surface area is 99.1 Å². The molecular weight excluding hydrogens is 230 g/mol. The van der Waals surface area contributed by atoms with Crippen LogP contribution in [0.1, 0.15) is 6.42 Å². The molecule has 2 rings (SSSR count). The van der Waals surface area contributed by atoms with E-state index in [-0.39, 0.29) is 0 Å². The fourth-order valence-electron chi connectivity index (χ4n) is 1.53. The molecule has 0 amide bonds. The van der Waals surface area contributed by atoms with Crippen molar-refractivity contribution in [3.8, 4) is 0 Å². The molecule has 1 unspecified atom stereocenters. The highest BCUT2D eigenvalue weighted by Gasteiger charge is 2.15. The summed E-state index contributed by atoms with van der Waals surface area (Å²) in [5.74, 6) is 1.78. The summed E-state index contributed by atoms with van der Waals surface area (Å²) in [7, 11) is 0. The molecule has 0 bridgehead atoms. The lowest BCUT2D eigenvalue weighted by Crippen LogP contribution is -2.01. The molecule has 82 valence electrons. The van der Waals surface area contributed by atoms with Gasteiger partial charge in [-0.3, -0.25) is 0 Å². The van der Waals surface area contributed by atoms with Crippen molar-refractivity contribution in [3.63, 3.8) is 0 Å². The fourth-order valence-corrected chi connectivity index (χ4v) is 2.83. The SMILES string of the molecule is Nc1ccc(SCC2CCOC2)cc1Cl. The van der Waals surface area contributed by atoms with Gasteiger partial charge in [0.25, 0.3) is 0 Å². The standard InChI is InChI=1S/C11H14ClNOS/c12-10-5-9(1-2-11(10)13)15-7-8-3-4-14-6-8/h1-2,5,8H,3-4,6-7,13H2. The predicted octanol–water partition coefficient (Wildman–Crippen LogP) is 3.05. The van der Waals surface area contributed by atoms with Gasteiger partial charge in [-0.2, -0.15) is 0 Å². The first-order valence-electron chi connectivity index (χ1n) is 5.01. The number of nitrogen functional groups attached to an aromatic ring is 1. The largest absolute Gasteiger partial charge is 0.398 e. The van der Waals surface area contributed by atoms with Crippen LogP contribution in [0.4, 0.5) is 5.69 Å². The zero-order valence-electron chi connectivity index (χ0n) is 8.41. The Kier molecular flexibility index (Phi) is 3.78. The molecule has 1 heterocycles. The summed E-state index contributed by atoms with van der Waals surface area (Å²) in [5, 5.41) is 0.641. The van der Waals surface area contributed by atoms with Crippen molar-refractivity contribution in [2.45, 2.75) is 11.3 Å². The van der Waals surface area contributed by atoms with Crippen molar-refractivity contribution >= 4 is 29.1 Å². The molecule has 1 aliphatic rings. The molecule has 1 atom stereocenters. The van der Waals surface area contributed by atoms with Gasteiger partial charge in [-0.25, -0.2) is 0 Å². The zero-order chi connectivity index (χ0) is 10.7. The third-order valence-electron chi connectivity index (χ3n) is 2.48. The molecule has 0 aliphatic carbocycles. The average molecular weight is 244 g/mol. The van der Waals surface area contributed by atoms with E-state index in [4.69, 9.17) is 22.1 Å². The van der Waals surface area contributed by atoms with E-state index < -0.39 is 0 Å². The molecule has 0 radical (unpaired) electrons. The van der Waals surface area contributed by atoms with Crippen molar-refractivity contribution in [3.05, 3.63) is 23.2 Å². The average Bonchev–Trinajstić information content (AvgIpc) is 2.73. The van der Waals surface area contributed by atoms with E-state index in [1.54, 1.807) is 0 Å². The molecule has 1 fully saturated rings. The van der Waals surface area contributed by atoms with Crippen LogP contribution in [0.3, 0.4) is 0 Å². The number of nitrogens with two attached hydrogens (primary N) is 1.